The predicted molar refractivity (Wildman–Crippen MR) is 86.4 cm³/mol. The summed E-state index contributed by atoms with van der Waals surface area (Å²) in [4.78, 5) is 9.64. The molecule has 0 radical (unpaired) electrons. The van der Waals surface area contributed by atoms with Gasteiger partial charge in [-0.05, 0) is 56.6 Å². The molecule has 1 aromatic carbocycles. The molecule has 0 saturated carbocycles. The molecule has 0 bridgehead atoms. The maximum absolute atomic E-state index is 13.0. The van der Waals surface area contributed by atoms with Crippen molar-refractivity contribution >= 4 is 0 Å². The molecule has 0 unspecified atom stereocenters. The van der Waals surface area contributed by atoms with E-state index in [1.54, 1.807) is 18.4 Å². The van der Waals surface area contributed by atoms with Gasteiger partial charge in [-0.2, -0.15) is 0 Å². The van der Waals surface area contributed by atoms with Gasteiger partial charge in [0.1, 0.15) is 12.1 Å². The quantitative estimate of drug-likeness (QED) is 0.867. The first-order valence-electron chi connectivity index (χ1n) is 8.45. The molecule has 5 heteroatoms. The third-order valence-electron chi connectivity index (χ3n) is 4.93. The van der Waals surface area contributed by atoms with Crippen LogP contribution >= 0.6 is 0 Å². The van der Waals surface area contributed by atoms with Gasteiger partial charge in [0.2, 0.25) is 5.89 Å². The molecule has 0 aliphatic carbocycles. The van der Waals surface area contributed by atoms with E-state index in [1.807, 2.05) is 0 Å². The van der Waals surface area contributed by atoms with Crippen molar-refractivity contribution in [2.45, 2.75) is 31.8 Å². The third kappa shape index (κ3) is 3.31. The van der Waals surface area contributed by atoms with Crippen LogP contribution in [0.4, 0.5) is 4.39 Å². The van der Waals surface area contributed by atoms with Crippen LogP contribution in [-0.4, -0.2) is 47.0 Å². The molecule has 4 rings (SSSR count). The number of oxazole rings is 1. The Balaban J connectivity index is 1.37. The van der Waals surface area contributed by atoms with E-state index in [0.717, 1.165) is 30.9 Å². The smallest absolute Gasteiger partial charge is 0.226 e. The normalized spacial score (nSPS) is 22.9. The monoisotopic (exact) mass is 315 g/mol. The van der Waals surface area contributed by atoms with Crippen LogP contribution in [0.3, 0.4) is 0 Å². The fourth-order valence-corrected chi connectivity index (χ4v) is 3.69. The molecule has 1 aromatic heterocycles. The van der Waals surface area contributed by atoms with Crippen LogP contribution in [0.2, 0.25) is 0 Å². The van der Waals surface area contributed by atoms with Gasteiger partial charge in [-0.3, -0.25) is 9.80 Å². The zero-order valence-electron chi connectivity index (χ0n) is 13.2. The van der Waals surface area contributed by atoms with Crippen molar-refractivity contribution < 1.29 is 8.81 Å². The van der Waals surface area contributed by atoms with Gasteiger partial charge in [0.05, 0.1) is 5.69 Å². The van der Waals surface area contributed by atoms with Crippen LogP contribution in [-0.2, 0) is 6.54 Å². The summed E-state index contributed by atoms with van der Waals surface area (Å²) in [6.45, 7) is 5.60. The molecule has 122 valence electrons. The molecular formula is C18H22FN3O. The number of halogens is 1. The molecule has 2 aromatic rings. The number of benzene rings is 1. The summed E-state index contributed by atoms with van der Waals surface area (Å²) < 4.78 is 18.5. The third-order valence-corrected chi connectivity index (χ3v) is 4.93. The standard InChI is InChI=1S/C18H22FN3O/c19-15-5-3-14(4-6-15)18-20-16(13-23-18)11-21-10-7-17(12-21)22-8-1-2-9-22/h3-6,13,17H,1-2,7-12H2/t17-/m1/s1. The first-order valence-corrected chi connectivity index (χ1v) is 8.45. The van der Waals surface area contributed by atoms with E-state index in [4.69, 9.17) is 4.42 Å². The topological polar surface area (TPSA) is 32.5 Å². The van der Waals surface area contributed by atoms with Gasteiger partial charge in [0.25, 0.3) is 0 Å². The van der Waals surface area contributed by atoms with Crippen LogP contribution in [0.25, 0.3) is 11.5 Å². The Hall–Kier alpha value is -1.72. The molecule has 0 amide bonds. The van der Waals surface area contributed by atoms with Crippen molar-refractivity contribution in [1.29, 1.82) is 0 Å². The largest absolute Gasteiger partial charge is 0.444 e. The summed E-state index contributed by atoms with van der Waals surface area (Å²) in [6, 6.07) is 6.97. The molecule has 2 fully saturated rings. The summed E-state index contributed by atoms with van der Waals surface area (Å²) in [5.41, 5.74) is 1.76. The van der Waals surface area contributed by atoms with Crippen molar-refractivity contribution in [2.24, 2.45) is 0 Å². The molecule has 3 heterocycles. The van der Waals surface area contributed by atoms with Crippen molar-refractivity contribution in [1.82, 2.24) is 14.8 Å². The molecule has 2 saturated heterocycles. The Morgan fingerprint density at radius 1 is 1.13 bits per heavy atom. The molecule has 4 nitrogen and oxygen atoms in total. The van der Waals surface area contributed by atoms with Crippen LogP contribution in [0.15, 0.2) is 34.9 Å². The Kier molecular flexibility index (Phi) is 4.14. The summed E-state index contributed by atoms with van der Waals surface area (Å²) in [5.74, 6) is 0.320. The molecule has 1 atom stereocenters. The lowest BCUT2D eigenvalue weighted by atomic mass is 10.2. The van der Waals surface area contributed by atoms with Crippen LogP contribution < -0.4 is 0 Å². The van der Waals surface area contributed by atoms with E-state index >= 15 is 0 Å². The fraction of sp³-hybridized carbons (Fsp3) is 0.500. The van der Waals surface area contributed by atoms with Gasteiger partial charge in [-0.25, -0.2) is 9.37 Å². The SMILES string of the molecule is Fc1ccc(-c2nc(CN3CC[C@@H](N4CCCC4)C3)co2)cc1. The Bertz CT molecular complexity index is 649. The first kappa shape index (κ1) is 14.8. The van der Waals surface area contributed by atoms with Crippen LogP contribution in [0.5, 0.6) is 0 Å². The Morgan fingerprint density at radius 3 is 2.70 bits per heavy atom. The molecule has 23 heavy (non-hydrogen) atoms. The van der Waals surface area contributed by atoms with E-state index in [2.05, 4.69) is 14.8 Å². The summed E-state index contributed by atoms with van der Waals surface area (Å²) in [5, 5.41) is 0. The molecule has 0 N–H and O–H groups in total. The van der Waals surface area contributed by atoms with Gasteiger partial charge in [-0.1, -0.05) is 0 Å². The van der Waals surface area contributed by atoms with Crippen molar-refractivity contribution in [2.75, 3.05) is 26.2 Å². The van der Waals surface area contributed by atoms with Gasteiger partial charge in [-0.15, -0.1) is 0 Å². The zero-order chi connectivity index (χ0) is 15.6. The minimum Gasteiger partial charge on any atom is -0.444 e. The lowest BCUT2D eigenvalue weighted by Gasteiger charge is -2.23. The second kappa shape index (κ2) is 6.42. The minimum atomic E-state index is -0.245. The number of hydrogen-bond donors (Lipinski definition) is 0. The van der Waals surface area contributed by atoms with Gasteiger partial charge in [0, 0.05) is 31.2 Å². The molecule has 2 aliphatic heterocycles. The Morgan fingerprint density at radius 2 is 1.91 bits per heavy atom. The Labute approximate surface area is 135 Å². The van der Waals surface area contributed by atoms with E-state index in [1.165, 1.54) is 44.5 Å². The van der Waals surface area contributed by atoms with Crippen LogP contribution in [0, 0.1) is 5.82 Å². The average Bonchev–Trinajstić information content (AvgIpc) is 3.29. The van der Waals surface area contributed by atoms with E-state index in [9.17, 15) is 4.39 Å². The second-order valence-corrected chi connectivity index (χ2v) is 6.57. The predicted octanol–water partition coefficient (Wildman–Crippen LogP) is 3.15. The van der Waals surface area contributed by atoms with Gasteiger partial charge >= 0.3 is 0 Å². The highest BCUT2D eigenvalue weighted by Gasteiger charge is 2.29. The summed E-state index contributed by atoms with van der Waals surface area (Å²) in [6.07, 6.45) is 5.67. The van der Waals surface area contributed by atoms with Crippen molar-refractivity contribution in [3.63, 3.8) is 0 Å². The minimum absolute atomic E-state index is 0.245. The average molecular weight is 315 g/mol. The number of nitrogens with zero attached hydrogens (tertiary/aromatic N) is 3. The molecule has 2 aliphatic rings. The highest BCUT2D eigenvalue weighted by atomic mass is 19.1. The van der Waals surface area contributed by atoms with E-state index in [0.29, 0.717) is 11.9 Å². The molecular weight excluding hydrogens is 293 g/mol. The van der Waals surface area contributed by atoms with Gasteiger partial charge in [0.15, 0.2) is 0 Å². The lowest BCUT2D eigenvalue weighted by Crippen LogP contribution is -2.35. The maximum atomic E-state index is 13.0. The number of aromatic nitrogens is 1. The summed E-state index contributed by atoms with van der Waals surface area (Å²) >= 11 is 0. The summed E-state index contributed by atoms with van der Waals surface area (Å²) in [7, 11) is 0. The maximum Gasteiger partial charge on any atom is 0.226 e. The van der Waals surface area contributed by atoms with Crippen molar-refractivity contribution in [3.05, 3.63) is 42.0 Å². The fourth-order valence-electron chi connectivity index (χ4n) is 3.69. The lowest BCUT2D eigenvalue weighted by molar-refractivity contribution is 0.229. The van der Waals surface area contributed by atoms with Crippen LogP contribution in [0.1, 0.15) is 25.0 Å². The first-order chi connectivity index (χ1) is 11.3. The van der Waals surface area contributed by atoms with Crippen molar-refractivity contribution in [3.8, 4) is 11.5 Å². The highest BCUT2D eigenvalue weighted by Crippen LogP contribution is 2.23. The van der Waals surface area contributed by atoms with Gasteiger partial charge < -0.3 is 4.42 Å². The number of likely N-dealkylation sites (tertiary alicyclic amines) is 2. The second-order valence-electron chi connectivity index (χ2n) is 6.57. The van der Waals surface area contributed by atoms with E-state index < -0.39 is 0 Å². The number of hydrogen-bond acceptors (Lipinski definition) is 4. The highest BCUT2D eigenvalue weighted by molar-refractivity contribution is 5.52. The zero-order valence-corrected chi connectivity index (χ0v) is 13.2. The van der Waals surface area contributed by atoms with E-state index in [-0.39, 0.29) is 5.82 Å². The molecule has 0 spiro atoms. The number of rotatable bonds is 4.